The maximum Gasteiger partial charge on any atom is 0.225 e. The number of rotatable bonds is 6. The molecule has 4 rings (SSSR count). The molecule has 1 aromatic carbocycles. The zero-order valence-corrected chi connectivity index (χ0v) is 16.7. The normalized spacial score (nSPS) is 16.6. The van der Waals surface area contributed by atoms with Gasteiger partial charge in [-0.25, -0.2) is 9.37 Å². The Balaban J connectivity index is 1.34. The minimum Gasteiger partial charge on any atom is -0.350 e. The molecule has 1 atom stereocenters. The first kappa shape index (κ1) is 19.4. The first-order valence-electron chi connectivity index (χ1n) is 9.67. The molecule has 1 aliphatic heterocycles. The van der Waals surface area contributed by atoms with E-state index < -0.39 is 0 Å². The average Bonchev–Trinajstić information content (AvgIpc) is 3.23. The van der Waals surface area contributed by atoms with E-state index in [0.717, 1.165) is 41.6 Å². The minimum absolute atomic E-state index is 0.0522. The van der Waals surface area contributed by atoms with Gasteiger partial charge in [0.1, 0.15) is 11.6 Å². The first-order chi connectivity index (χ1) is 14.2. The standard InChI is InChI=1S/C21H22FN5OS/c22-17-8-6-15(7-9-17)12-19-25-21(29-26-19)27-11-3-4-16(14-27)20(28)24-13-18-5-1-2-10-23-18/h1-2,5-10,16H,3-4,11-14H2,(H,24,28). The van der Waals surface area contributed by atoms with Gasteiger partial charge in [-0.1, -0.05) is 18.2 Å². The van der Waals surface area contributed by atoms with Crippen molar-refractivity contribution < 1.29 is 9.18 Å². The maximum absolute atomic E-state index is 13.1. The molecule has 6 nitrogen and oxygen atoms in total. The highest BCUT2D eigenvalue weighted by atomic mass is 32.1. The third-order valence-electron chi connectivity index (χ3n) is 4.97. The second kappa shape index (κ2) is 9.09. The zero-order chi connectivity index (χ0) is 20.1. The van der Waals surface area contributed by atoms with Gasteiger partial charge in [-0.15, -0.1) is 0 Å². The number of benzene rings is 1. The molecule has 0 saturated carbocycles. The molecule has 1 N–H and O–H groups in total. The van der Waals surface area contributed by atoms with Crippen LogP contribution >= 0.6 is 11.5 Å². The van der Waals surface area contributed by atoms with E-state index in [2.05, 4.69) is 24.6 Å². The number of hydrogen-bond acceptors (Lipinski definition) is 6. The van der Waals surface area contributed by atoms with Crippen LogP contribution in [0.25, 0.3) is 0 Å². The first-order valence-corrected chi connectivity index (χ1v) is 10.4. The Hall–Kier alpha value is -2.87. The van der Waals surface area contributed by atoms with E-state index in [4.69, 9.17) is 0 Å². The molecule has 29 heavy (non-hydrogen) atoms. The van der Waals surface area contributed by atoms with Crippen molar-refractivity contribution in [1.82, 2.24) is 19.7 Å². The summed E-state index contributed by atoms with van der Waals surface area (Å²) in [6.07, 6.45) is 4.10. The van der Waals surface area contributed by atoms with Gasteiger partial charge in [0.15, 0.2) is 0 Å². The molecule has 0 aliphatic carbocycles. The number of carbonyl (C=O) groups excluding carboxylic acids is 1. The number of hydrogen-bond donors (Lipinski definition) is 1. The van der Waals surface area contributed by atoms with Crippen LogP contribution in [0.1, 0.15) is 29.9 Å². The summed E-state index contributed by atoms with van der Waals surface area (Å²) in [5.74, 6) is 0.452. The van der Waals surface area contributed by atoms with Crippen LogP contribution in [0.2, 0.25) is 0 Å². The summed E-state index contributed by atoms with van der Waals surface area (Å²) < 4.78 is 17.5. The van der Waals surface area contributed by atoms with Crippen molar-refractivity contribution in [2.24, 2.45) is 5.92 Å². The van der Waals surface area contributed by atoms with E-state index in [-0.39, 0.29) is 17.6 Å². The molecular weight excluding hydrogens is 389 g/mol. The van der Waals surface area contributed by atoms with Crippen molar-refractivity contribution in [1.29, 1.82) is 0 Å². The molecular formula is C21H22FN5OS. The predicted octanol–water partition coefficient (Wildman–Crippen LogP) is 3.20. The number of aromatic nitrogens is 3. The van der Waals surface area contributed by atoms with E-state index in [1.807, 2.05) is 18.2 Å². The van der Waals surface area contributed by atoms with Gasteiger partial charge < -0.3 is 10.2 Å². The van der Waals surface area contributed by atoms with Gasteiger partial charge >= 0.3 is 0 Å². The van der Waals surface area contributed by atoms with Crippen LogP contribution in [0.5, 0.6) is 0 Å². The van der Waals surface area contributed by atoms with Crippen LogP contribution in [0, 0.1) is 11.7 Å². The average molecular weight is 412 g/mol. The lowest BCUT2D eigenvalue weighted by Gasteiger charge is -2.31. The molecule has 1 saturated heterocycles. The Morgan fingerprint density at radius 1 is 1.24 bits per heavy atom. The van der Waals surface area contributed by atoms with Gasteiger partial charge in [0.25, 0.3) is 0 Å². The molecule has 8 heteroatoms. The van der Waals surface area contributed by atoms with E-state index in [0.29, 0.717) is 19.5 Å². The number of nitrogens with one attached hydrogen (secondary N) is 1. The Kier molecular flexibility index (Phi) is 6.09. The lowest BCUT2D eigenvalue weighted by Crippen LogP contribution is -2.43. The minimum atomic E-state index is -0.249. The van der Waals surface area contributed by atoms with E-state index in [1.54, 1.807) is 18.3 Å². The molecule has 0 bridgehead atoms. The Labute approximate surface area is 173 Å². The van der Waals surface area contributed by atoms with Crippen LogP contribution in [0.3, 0.4) is 0 Å². The molecule has 3 heterocycles. The van der Waals surface area contributed by atoms with Crippen LogP contribution in [-0.2, 0) is 17.8 Å². The van der Waals surface area contributed by atoms with Gasteiger partial charge in [0.05, 0.1) is 18.2 Å². The van der Waals surface area contributed by atoms with Crippen molar-refractivity contribution in [3.63, 3.8) is 0 Å². The van der Waals surface area contributed by atoms with Crippen LogP contribution in [0.15, 0.2) is 48.7 Å². The second-order valence-electron chi connectivity index (χ2n) is 7.12. The fourth-order valence-electron chi connectivity index (χ4n) is 3.42. The van der Waals surface area contributed by atoms with Crippen molar-refractivity contribution in [2.75, 3.05) is 18.0 Å². The number of piperidine rings is 1. The maximum atomic E-state index is 13.1. The highest BCUT2D eigenvalue weighted by molar-refractivity contribution is 7.09. The lowest BCUT2D eigenvalue weighted by atomic mass is 9.97. The van der Waals surface area contributed by atoms with Crippen molar-refractivity contribution >= 4 is 22.6 Å². The van der Waals surface area contributed by atoms with Gasteiger partial charge in [-0.2, -0.15) is 4.37 Å². The highest BCUT2D eigenvalue weighted by Crippen LogP contribution is 2.25. The predicted molar refractivity (Wildman–Crippen MR) is 110 cm³/mol. The Bertz CT molecular complexity index is 947. The number of carbonyl (C=O) groups is 1. The van der Waals surface area contributed by atoms with Crippen LogP contribution in [0.4, 0.5) is 9.52 Å². The van der Waals surface area contributed by atoms with Crippen molar-refractivity contribution in [3.8, 4) is 0 Å². The summed E-state index contributed by atoms with van der Waals surface area (Å²) in [7, 11) is 0. The molecule has 1 aliphatic rings. The van der Waals surface area contributed by atoms with Gasteiger partial charge in [-0.05, 0) is 42.7 Å². The van der Waals surface area contributed by atoms with Crippen LogP contribution < -0.4 is 10.2 Å². The van der Waals surface area contributed by atoms with E-state index in [9.17, 15) is 9.18 Å². The topological polar surface area (TPSA) is 71.0 Å². The van der Waals surface area contributed by atoms with Gasteiger partial charge in [0.2, 0.25) is 11.0 Å². The molecule has 0 radical (unpaired) electrons. The molecule has 150 valence electrons. The van der Waals surface area contributed by atoms with Crippen molar-refractivity contribution in [3.05, 3.63) is 71.6 Å². The summed E-state index contributed by atoms with van der Waals surface area (Å²) in [6, 6.07) is 12.1. The number of pyridine rings is 1. The summed E-state index contributed by atoms with van der Waals surface area (Å²) in [5, 5.41) is 3.83. The number of amides is 1. The summed E-state index contributed by atoms with van der Waals surface area (Å²) in [6.45, 7) is 1.95. The van der Waals surface area contributed by atoms with Gasteiger partial charge in [-0.3, -0.25) is 9.78 Å². The van der Waals surface area contributed by atoms with Crippen molar-refractivity contribution in [2.45, 2.75) is 25.8 Å². The highest BCUT2D eigenvalue weighted by Gasteiger charge is 2.27. The Morgan fingerprint density at radius 2 is 2.10 bits per heavy atom. The number of halogens is 1. The lowest BCUT2D eigenvalue weighted by molar-refractivity contribution is -0.125. The third kappa shape index (κ3) is 5.14. The summed E-state index contributed by atoms with van der Waals surface area (Å²) >= 11 is 1.35. The number of anilines is 1. The van der Waals surface area contributed by atoms with E-state index >= 15 is 0 Å². The SMILES string of the molecule is O=C(NCc1ccccn1)C1CCCN(c2nc(Cc3ccc(F)cc3)ns2)C1. The summed E-state index contributed by atoms with van der Waals surface area (Å²) in [4.78, 5) is 23.6. The Morgan fingerprint density at radius 3 is 2.90 bits per heavy atom. The molecule has 2 aromatic heterocycles. The smallest absolute Gasteiger partial charge is 0.225 e. The zero-order valence-electron chi connectivity index (χ0n) is 15.9. The number of nitrogens with zero attached hydrogens (tertiary/aromatic N) is 4. The van der Waals surface area contributed by atoms with Gasteiger partial charge in [0, 0.05) is 37.2 Å². The summed E-state index contributed by atoms with van der Waals surface area (Å²) in [5.41, 5.74) is 1.82. The second-order valence-corrected chi connectivity index (χ2v) is 7.85. The molecule has 0 spiro atoms. The molecule has 3 aromatic rings. The quantitative estimate of drug-likeness (QED) is 0.675. The third-order valence-corrected chi connectivity index (χ3v) is 5.78. The fraction of sp³-hybridized carbons (Fsp3) is 0.333. The molecule has 1 unspecified atom stereocenters. The van der Waals surface area contributed by atoms with Crippen LogP contribution in [-0.4, -0.2) is 33.3 Å². The fourth-order valence-corrected chi connectivity index (χ4v) is 4.14. The monoisotopic (exact) mass is 411 g/mol. The molecule has 1 fully saturated rings. The largest absolute Gasteiger partial charge is 0.350 e. The van der Waals surface area contributed by atoms with E-state index in [1.165, 1.54) is 23.7 Å². The molecule has 1 amide bonds.